The molecule has 1 fully saturated rings. The molecule has 0 aromatic carbocycles. The molecular weight excluding hydrogens is 278 g/mol. The van der Waals surface area contributed by atoms with Gasteiger partial charge >= 0.3 is 6.09 Å². The van der Waals surface area contributed by atoms with E-state index in [1.807, 2.05) is 45.7 Å². The van der Waals surface area contributed by atoms with Crippen LogP contribution >= 0.6 is 0 Å². The van der Waals surface area contributed by atoms with E-state index in [9.17, 15) is 4.79 Å². The van der Waals surface area contributed by atoms with Crippen LogP contribution in [0, 0.1) is 6.92 Å². The van der Waals surface area contributed by atoms with Crippen molar-refractivity contribution in [3.63, 3.8) is 0 Å². The van der Waals surface area contributed by atoms with Crippen molar-refractivity contribution >= 4 is 11.9 Å². The van der Waals surface area contributed by atoms with Gasteiger partial charge in [-0.2, -0.15) is 0 Å². The first-order valence-corrected chi connectivity index (χ1v) is 7.97. The largest absolute Gasteiger partial charge is 0.444 e. The lowest BCUT2D eigenvalue weighted by Gasteiger charge is -2.37. The van der Waals surface area contributed by atoms with E-state index in [1.54, 1.807) is 0 Å². The third-order valence-electron chi connectivity index (χ3n) is 3.87. The molecule has 1 atom stereocenters. The number of amides is 1. The van der Waals surface area contributed by atoms with Gasteiger partial charge in [-0.3, -0.25) is 0 Å². The van der Waals surface area contributed by atoms with Crippen molar-refractivity contribution in [2.45, 2.75) is 58.6 Å². The average molecular weight is 305 g/mol. The second-order valence-corrected chi connectivity index (χ2v) is 6.81. The second kappa shape index (κ2) is 6.55. The molecule has 122 valence electrons. The van der Waals surface area contributed by atoms with E-state index in [2.05, 4.69) is 16.4 Å². The van der Waals surface area contributed by atoms with Gasteiger partial charge in [-0.25, -0.2) is 9.78 Å². The molecular formula is C17H27N3O2. The molecule has 1 aromatic heterocycles. The Morgan fingerprint density at radius 2 is 2.09 bits per heavy atom. The highest BCUT2D eigenvalue weighted by Crippen LogP contribution is 2.33. The average Bonchev–Trinajstić information content (AvgIpc) is 2.45. The van der Waals surface area contributed by atoms with E-state index in [4.69, 9.17) is 4.74 Å². The van der Waals surface area contributed by atoms with Crippen LogP contribution in [0.15, 0.2) is 12.1 Å². The SMILES string of the molecule is CNc1ccc([C@H]2CCCCN2C(=O)OC(C)(C)C)c(C)n1. The van der Waals surface area contributed by atoms with Crippen LogP contribution in [0.25, 0.3) is 0 Å². The number of hydrogen-bond acceptors (Lipinski definition) is 4. The number of nitrogens with zero attached hydrogens (tertiary/aromatic N) is 2. The summed E-state index contributed by atoms with van der Waals surface area (Å²) in [5.74, 6) is 0.848. The van der Waals surface area contributed by atoms with Gasteiger partial charge < -0.3 is 15.0 Å². The zero-order valence-electron chi connectivity index (χ0n) is 14.3. The summed E-state index contributed by atoms with van der Waals surface area (Å²) in [6.45, 7) is 8.44. The molecule has 1 aliphatic rings. The number of rotatable bonds is 2. The van der Waals surface area contributed by atoms with Crippen LogP contribution in [0.2, 0.25) is 0 Å². The van der Waals surface area contributed by atoms with Crippen molar-refractivity contribution in [1.82, 2.24) is 9.88 Å². The predicted molar refractivity (Wildman–Crippen MR) is 88.1 cm³/mol. The summed E-state index contributed by atoms with van der Waals surface area (Å²) in [6, 6.07) is 4.09. The van der Waals surface area contributed by atoms with Gasteiger partial charge in [-0.05, 0) is 58.6 Å². The van der Waals surface area contributed by atoms with Gasteiger partial charge in [0.15, 0.2) is 0 Å². The molecule has 5 nitrogen and oxygen atoms in total. The summed E-state index contributed by atoms with van der Waals surface area (Å²) in [6.07, 6.45) is 2.88. The van der Waals surface area contributed by atoms with E-state index < -0.39 is 5.60 Å². The smallest absolute Gasteiger partial charge is 0.410 e. The Morgan fingerprint density at radius 1 is 1.36 bits per heavy atom. The van der Waals surface area contributed by atoms with Crippen LogP contribution in [0.5, 0.6) is 0 Å². The lowest BCUT2D eigenvalue weighted by atomic mass is 9.94. The van der Waals surface area contributed by atoms with Crippen molar-refractivity contribution < 1.29 is 9.53 Å². The quantitative estimate of drug-likeness (QED) is 0.900. The molecule has 1 aliphatic heterocycles. The van der Waals surface area contributed by atoms with Crippen LogP contribution in [0.1, 0.15) is 57.3 Å². The van der Waals surface area contributed by atoms with Crippen molar-refractivity contribution in [2.75, 3.05) is 18.9 Å². The van der Waals surface area contributed by atoms with Crippen LogP contribution in [-0.4, -0.2) is 35.2 Å². The third-order valence-corrected chi connectivity index (χ3v) is 3.87. The van der Waals surface area contributed by atoms with Gasteiger partial charge in [0.1, 0.15) is 11.4 Å². The van der Waals surface area contributed by atoms with Crippen molar-refractivity contribution in [3.8, 4) is 0 Å². The van der Waals surface area contributed by atoms with Crippen molar-refractivity contribution in [2.24, 2.45) is 0 Å². The number of carbonyl (C=O) groups excluding carboxylic acids is 1. The number of hydrogen-bond donors (Lipinski definition) is 1. The maximum Gasteiger partial charge on any atom is 0.410 e. The fourth-order valence-electron chi connectivity index (χ4n) is 2.86. The minimum absolute atomic E-state index is 0.0574. The number of pyridine rings is 1. The van der Waals surface area contributed by atoms with Crippen LogP contribution in [0.3, 0.4) is 0 Å². The van der Waals surface area contributed by atoms with Crippen LogP contribution in [0.4, 0.5) is 10.6 Å². The Kier molecular flexibility index (Phi) is 4.94. The summed E-state index contributed by atoms with van der Waals surface area (Å²) in [4.78, 5) is 18.9. The van der Waals surface area contributed by atoms with E-state index in [1.165, 1.54) is 0 Å². The van der Waals surface area contributed by atoms with Crippen LogP contribution in [-0.2, 0) is 4.74 Å². The fourth-order valence-corrected chi connectivity index (χ4v) is 2.86. The molecule has 0 aliphatic carbocycles. The monoisotopic (exact) mass is 305 g/mol. The summed E-state index contributed by atoms with van der Waals surface area (Å²) in [5, 5.41) is 3.05. The lowest BCUT2D eigenvalue weighted by Crippen LogP contribution is -2.42. The minimum Gasteiger partial charge on any atom is -0.444 e. The Morgan fingerprint density at radius 3 is 2.68 bits per heavy atom. The Hall–Kier alpha value is -1.78. The fraction of sp³-hybridized carbons (Fsp3) is 0.647. The minimum atomic E-state index is -0.470. The number of nitrogens with one attached hydrogen (secondary N) is 1. The summed E-state index contributed by atoms with van der Waals surface area (Å²) in [7, 11) is 1.86. The van der Waals surface area contributed by atoms with Crippen molar-refractivity contribution in [3.05, 3.63) is 23.4 Å². The zero-order chi connectivity index (χ0) is 16.3. The number of anilines is 1. The summed E-state index contributed by atoms with van der Waals surface area (Å²) >= 11 is 0. The molecule has 1 amide bonds. The van der Waals surface area contributed by atoms with E-state index in [-0.39, 0.29) is 12.1 Å². The highest BCUT2D eigenvalue weighted by molar-refractivity contribution is 5.69. The Balaban J connectivity index is 2.24. The first kappa shape index (κ1) is 16.6. The number of piperidine rings is 1. The topological polar surface area (TPSA) is 54.5 Å². The number of carbonyl (C=O) groups is 1. The Bertz CT molecular complexity index is 537. The van der Waals surface area contributed by atoms with Crippen LogP contribution < -0.4 is 5.32 Å². The molecule has 5 heteroatoms. The molecule has 0 spiro atoms. The molecule has 0 bridgehead atoms. The predicted octanol–water partition coefficient (Wildman–Crippen LogP) is 3.89. The lowest BCUT2D eigenvalue weighted by molar-refractivity contribution is 0.00942. The molecule has 2 rings (SSSR count). The van der Waals surface area contributed by atoms with E-state index in [0.717, 1.165) is 42.9 Å². The van der Waals surface area contributed by atoms with Gasteiger partial charge in [0.2, 0.25) is 0 Å². The summed E-state index contributed by atoms with van der Waals surface area (Å²) in [5.41, 5.74) is 1.61. The van der Waals surface area contributed by atoms with Crippen molar-refractivity contribution in [1.29, 1.82) is 0 Å². The second-order valence-electron chi connectivity index (χ2n) is 6.81. The number of aryl methyl sites for hydroxylation is 1. The highest BCUT2D eigenvalue weighted by atomic mass is 16.6. The van der Waals surface area contributed by atoms with Gasteiger partial charge in [-0.15, -0.1) is 0 Å². The number of ether oxygens (including phenoxy) is 1. The van der Waals surface area contributed by atoms with E-state index >= 15 is 0 Å². The molecule has 1 saturated heterocycles. The molecule has 0 radical (unpaired) electrons. The molecule has 0 unspecified atom stereocenters. The molecule has 22 heavy (non-hydrogen) atoms. The first-order valence-electron chi connectivity index (χ1n) is 7.97. The highest BCUT2D eigenvalue weighted by Gasteiger charge is 2.32. The zero-order valence-corrected chi connectivity index (χ0v) is 14.3. The maximum atomic E-state index is 12.5. The van der Waals surface area contributed by atoms with Gasteiger partial charge in [0.05, 0.1) is 6.04 Å². The van der Waals surface area contributed by atoms with Gasteiger partial charge in [0, 0.05) is 19.3 Å². The number of likely N-dealkylation sites (tertiary alicyclic amines) is 1. The molecule has 1 N–H and O–H groups in total. The third kappa shape index (κ3) is 3.90. The van der Waals surface area contributed by atoms with Gasteiger partial charge in [-0.1, -0.05) is 6.07 Å². The number of aromatic nitrogens is 1. The molecule has 2 heterocycles. The molecule has 0 saturated carbocycles. The van der Waals surface area contributed by atoms with Gasteiger partial charge in [0.25, 0.3) is 0 Å². The maximum absolute atomic E-state index is 12.5. The summed E-state index contributed by atoms with van der Waals surface area (Å²) < 4.78 is 5.57. The first-order chi connectivity index (χ1) is 10.3. The molecule has 1 aromatic rings. The normalized spacial score (nSPS) is 19.0. The Labute approximate surface area is 133 Å². The van der Waals surface area contributed by atoms with E-state index in [0.29, 0.717) is 0 Å². The standard InChI is InChI=1S/C17H27N3O2/c1-12-13(9-10-15(18-5)19-12)14-8-6-7-11-20(14)16(21)22-17(2,3)4/h9-10,14H,6-8,11H2,1-5H3,(H,18,19)/t14-/m1/s1.